The molecule has 2 aromatic rings. The van der Waals surface area contributed by atoms with Gasteiger partial charge in [0.15, 0.2) is 0 Å². The summed E-state index contributed by atoms with van der Waals surface area (Å²) in [5.41, 5.74) is 3.82. The number of hydrogen-bond donors (Lipinski definition) is 0. The van der Waals surface area contributed by atoms with Crippen LogP contribution in [0.5, 0.6) is 0 Å². The fourth-order valence-electron chi connectivity index (χ4n) is 3.30. The van der Waals surface area contributed by atoms with Crippen LogP contribution in [0.1, 0.15) is 61.8 Å². The van der Waals surface area contributed by atoms with Crippen molar-refractivity contribution < 1.29 is 0 Å². The SMILES string of the molecule is CC(C)c1ccc(C(C#Cc2ccccc2)N2CCCCC2)cc1. The molecular weight excluding hydrogens is 290 g/mol. The Bertz CT molecular complexity index is 682. The van der Waals surface area contributed by atoms with Gasteiger partial charge in [-0.05, 0) is 55.1 Å². The minimum absolute atomic E-state index is 0.201. The average Bonchev–Trinajstić information content (AvgIpc) is 2.64. The average molecular weight is 317 g/mol. The van der Waals surface area contributed by atoms with E-state index in [1.165, 1.54) is 30.4 Å². The maximum absolute atomic E-state index is 3.55. The molecule has 124 valence electrons. The largest absolute Gasteiger partial charge is 0.286 e. The fraction of sp³-hybridized carbons (Fsp3) is 0.391. The van der Waals surface area contributed by atoms with Gasteiger partial charge in [-0.25, -0.2) is 0 Å². The predicted molar refractivity (Wildman–Crippen MR) is 102 cm³/mol. The van der Waals surface area contributed by atoms with Gasteiger partial charge in [-0.15, -0.1) is 0 Å². The number of hydrogen-bond acceptors (Lipinski definition) is 1. The predicted octanol–water partition coefficient (Wildman–Crippen LogP) is 5.39. The third kappa shape index (κ3) is 4.28. The zero-order chi connectivity index (χ0) is 16.8. The van der Waals surface area contributed by atoms with Gasteiger partial charge in [0.1, 0.15) is 0 Å². The molecule has 0 spiro atoms. The Labute approximate surface area is 146 Å². The number of piperidine rings is 1. The second-order valence-electron chi connectivity index (χ2n) is 6.96. The van der Waals surface area contributed by atoms with Crippen molar-refractivity contribution in [2.24, 2.45) is 0 Å². The van der Waals surface area contributed by atoms with Crippen LogP contribution in [-0.4, -0.2) is 18.0 Å². The van der Waals surface area contributed by atoms with E-state index in [-0.39, 0.29) is 6.04 Å². The van der Waals surface area contributed by atoms with Crippen LogP contribution in [0, 0.1) is 11.8 Å². The molecule has 1 unspecified atom stereocenters. The Morgan fingerprint density at radius 3 is 2.04 bits per heavy atom. The van der Waals surface area contributed by atoms with E-state index < -0.39 is 0 Å². The number of rotatable bonds is 3. The summed E-state index contributed by atoms with van der Waals surface area (Å²) in [6.45, 7) is 6.79. The summed E-state index contributed by atoms with van der Waals surface area (Å²) < 4.78 is 0. The lowest BCUT2D eigenvalue weighted by molar-refractivity contribution is 0.197. The smallest absolute Gasteiger partial charge is 0.0974 e. The van der Waals surface area contributed by atoms with Crippen molar-refractivity contribution in [3.05, 3.63) is 71.3 Å². The Morgan fingerprint density at radius 2 is 1.42 bits per heavy atom. The highest BCUT2D eigenvalue weighted by Crippen LogP contribution is 2.26. The van der Waals surface area contributed by atoms with E-state index in [1.54, 1.807) is 0 Å². The van der Waals surface area contributed by atoms with Crippen LogP contribution < -0.4 is 0 Å². The Morgan fingerprint density at radius 1 is 0.792 bits per heavy atom. The summed E-state index contributed by atoms with van der Waals surface area (Å²) in [6, 6.07) is 19.6. The molecule has 2 aromatic carbocycles. The lowest BCUT2D eigenvalue weighted by atomic mass is 9.97. The summed E-state index contributed by atoms with van der Waals surface area (Å²) in [7, 11) is 0. The van der Waals surface area contributed by atoms with Gasteiger partial charge in [0.25, 0.3) is 0 Å². The van der Waals surface area contributed by atoms with Crippen molar-refractivity contribution in [2.45, 2.75) is 45.1 Å². The molecule has 0 amide bonds. The first kappa shape index (κ1) is 16.8. The number of likely N-dealkylation sites (tertiary alicyclic amines) is 1. The highest BCUT2D eigenvalue weighted by atomic mass is 15.2. The molecule has 1 heterocycles. The highest BCUT2D eigenvalue weighted by Gasteiger charge is 2.20. The van der Waals surface area contributed by atoms with Crippen molar-refractivity contribution in [2.75, 3.05) is 13.1 Å². The molecule has 0 bridgehead atoms. The zero-order valence-corrected chi connectivity index (χ0v) is 14.8. The van der Waals surface area contributed by atoms with Crippen LogP contribution in [0.2, 0.25) is 0 Å². The molecule has 1 atom stereocenters. The molecule has 1 heteroatoms. The molecule has 3 rings (SSSR count). The third-order valence-corrected chi connectivity index (χ3v) is 4.80. The lowest BCUT2D eigenvalue weighted by Gasteiger charge is -2.32. The van der Waals surface area contributed by atoms with E-state index in [9.17, 15) is 0 Å². The normalized spacial score (nSPS) is 16.5. The molecule has 1 fully saturated rings. The summed E-state index contributed by atoms with van der Waals surface area (Å²) >= 11 is 0. The number of benzene rings is 2. The van der Waals surface area contributed by atoms with Crippen molar-refractivity contribution >= 4 is 0 Å². The van der Waals surface area contributed by atoms with Crippen molar-refractivity contribution in [3.63, 3.8) is 0 Å². The summed E-state index contributed by atoms with van der Waals surface area (Å²) in [5, 5.41) is 0. The third-order valence-electron chi connectivity index (χ3n) is 4.80. The van der Waals surface area contributed by atoms with Crippen LogP contribution >= 0.6 is 0 Å². The molecule has 1 aliphatic rings. The van der Waals surface area contributed by atoms with E-state index in [0.29, 0.717) is 5.92 Å². The molecule has 0 N–H and O–H groups in total. The van der Waals surface area contributed by atoms with Gasteiger partial charge < -0.3 is 0 Å². The van der Waals surface area contributed by atoms with E-state index in [2.05, 4.69) is 79.1 Å². The first-order chi connectivity index (χ1) is 11.7. The minimum Gasteiger partial charge on any atom is -0.286 e. The molecule has 1 aliphatic heterocycles. The zero-order valence-electron chi connectivity index (χ0n) is 14.8. The van der Waals surface area contributed by atoms with Gasteiger partial charge in [0.2, 0.25) is 0 Å². The van der Waals surface area contributed by atoms with Crippen LogP contribution in [0.15, 0.2) is 54.6 Å². The van der Waals surface area contributed by atoms with Gasteiger partial charge >= 0.3 is 0 Å². The lowest BCUT2D eigenvalue weighted by Crippen LogP contribution is -2.33. The van der Waals surface area contributed by atoms with Gasteiger partial charge in [-0.2, -0.15) is 0 Å². The minimum atomic E-state index is 0.201. The van der Waals surface area contributed by atoms with Crippen LogP contribution in [-0.2, 0) is 0 Å². The van der Waals surface area contributed by atoms with Crippen LogP contribution in [0.25, 0.3) is 0 Å². The fourth-order valence-corrected chi connectivity index (χ4v) is 3.30. The Balaban J connectivity index is 1.88. The summed E-state index contributed by atoms with van der Waals surface area (Å²) in [6.07, 6.45) is 3.92. The standard InChI is InChI=1S/C23H27N/c1-19(2)21-12-14-22(15-13-21)23(24-17-7-4-8-18-24)16-11-20-9-5-3-6-10-20/h3,5-6,9-10,12-15,19,23H,4,7-8,17-18H2,1-2H3. The van der Waals surface area contributed by atoms with E-state index in [4.69, 9.17) is 0 Å². The quantitative estimate of drug-likeness (QED) is 0.686. The molecule has 24 heavy (non-hydrogen) atoms. The van der Waals surface area contributed by atoms with Crippen LogP contribution in [0.4, 0.5) is 0 Å². The Kier molecular flexibility index (Phi) is 5.72. The summed E-state index contributed by atoms with van der Waals surface area (Å²) in [4.78, 5) is 2.55. The maximum atomic E-state index is 3.55. The second-order valence-corrected chi connectivity index (χ2v) is 6.96. The highest BCUT2D eigenvalue weighted by molar-refractivity contribution is 5.38. The monoisotopic (exact) mass is 317 g/mol. The van der Waals surface area contributed by atoms with Gasteiger partial charge in [0, 0.05) is 5.56 Å². The first-order valence-electron chi connectivity index (χ1n) is 9.14. The number of nitrogens with zero attached hydrogens (tertiary/aromatic N) is 1. The molecule has 0 aliphatic carbocycles. The molecule has 0 radical (unpaired) electrons. The maximum Gasteiger partial charge on any atom is 0.0974 e. The Hall–Kier alpha value is -2.04. The van der Waals surface area contributed by atoms with Gasteiger partial charge in [0.05, 0.1) is 6.04 Å². The molecular formula is C23H27N. The second kappa shape index (κ2) is 8.18. The molecule has 0 saturated carbocycles. The van der Waals surface area contributed by atoms with Gasteiger partial charge in [-0.3, -0.25) is 4.90 Å². The van der Waals surface area contributed by atoms with Gasteiger partial charge in [-0.1, -0.05) is 74.6 Å². The molecule has 0 aromatic heterocycles. The molecule has 1 saturated heterocycles. The van der Waals surface area contributed by atoms with Crippen molar-refractivity contribution in [1.29, 1.82) is 0 Å². The topological polar surface area (TPSA) is 3.24 Å². The van der Waals surface area contributed by atoms with E-state index in [0.717, 1.165) is 18.7 Å². The van der Waals surface area contributed by atoms with Crippen molar-refractivity contribution in [3.8, 4) is 11.8 Å². The first-order valence-corrected chi connectivity index (χ1v) is 9.14. The van der Waals surface area contributed by atoms with Crippen molar-refractivity contribution in [1.82, 2.24) is 4.90 Å². The van der Waals surface area contributed by atoms with E-state index in [1.807, 2.05) is 6.07 Å². The van der Waals surface area contributed by atoms with E-state index >= 15 is 0 Å². The van der Waals surface area contributed by atoms with Crippen LogP contribution in [0.3, 0.4) is 0 Å². The molecule has 1 nitrogen and oxygen atoms in total. The summed E-state index contributed by atoms with van der Waals surface area (Å²) in [5.74, 6) is 7.51.